The highest BCUT2D eigenvalue weighted by Gasteiger charge is 2.33. The maximum Gasteiger partial charge on any atom is 0.268 e. The normalized spacial score (nSPS) is 20.5. The van der Waals surface area contributed by atoms with Gasteiger partial charge in [0.1, 0.15) is 11.4 Å². The van der Waals surface area contributed by atoms with E-state index in [9.17, 15) is 13.2 Å². The van der Waals surface area contributed by atoms with Gasteiger partial charge in [0.2, 0.25) is 12.7 Å². The number of amides is 1. The molecule has 0 atom stereocenters. The maximum absolute atomic E-state index is 13.6. The summed E-state index contributed by atoms with van der Waals surface area (Å²) >= 11 is 0. The fraction of sp³-hybridized carbons (Fsp3) is 0.524. The van der Waals surface area contributed by atoms with Crippen LogP contribution in [-0.2, 0) is 14.8 Å². The van der Waals surface area contributed by atoms with Gasteiger partial charge in [0.05, 0.1) is 17.1 Å². The third kappa shape index (κ3) is 4.34. The lowest BCUT2D eigenvalue weighted by Gasteiger charge is -2.29. The Balaban J connectivity index is 1.64. The van der Waals surface area contributed by atoms with E-state index in [4.69, 9.17) is 9.47 Å². The van der Waals surface area contributed by atoms with Crippen molar-refractivity contribution in [1.82, 2.24) is 15.5 Å². The van der Waals surface area contributed by atoms with Crippen LogP contribution in [0.5, 0.6) is 11.5 Å². The van der Waals surface area contributed by atoms with Gasteiger partial charge >= 0.3 is 0 Å². The van der Waals surface area contributed by atoms with E-state index in [1.165, 1.54) is 0 Å². The van der Waals surface area contributed by atoms with Crippen molar-refractivity contribution in [2.45, 2.75) is 57.4 Å². The number of H-pyrrole nitrogens is 1. The average Bonchev–Trinajstić information content (AvgIpc) is 3.33. The van der Waals surface area contributed by atoms with Crippen LogP contribution in [0.25, 0.3) is 0 Å². The van der Waals surface area contributed by atoms with Crippen molar-refractivity contribution in [3.63, 3.8) is 0 Å². The molecule has 4 rings (SSSR count). The molecule has 0 unspecified atom stereocenters. The van der Waals surface area contributed by atoms with E-state index in [1.54, 1.807) is 32.0 Å². The molecule has 1 aliphatic carbocycles. The standard InChI is InChI=1S/C21H28N4O5S/c1-13-4-6-16(7-5-13)22-20(26)11-25(17-8-9-18-19(10-17)30-12-29-18)31(27,28)21-14(2)23-24-15(21)3/h8-10,13,16H,4-7,11-12H2,1-3H3,(H,22,26)(H,23,24). The van der Waals surface area contributed by atoms with Crippen molar-refractivity contribution >= 4 is 21.6 Å². The molecule has 0 saturated heterocycles. The zero-order valence-electron chi connectivity index (χ0n) is 18.0. The Morgan fingerprint density at radius 3 is 2.58 bits per heavy atom. The number of ether oxygens (including phenoxy) is 2. The first kappa shape index (κ1) is 21.5. The summed E-state index contributed by atoms with van der Waals surface area (Å²) < 4.78 is 39.1. The SMILES string of the molecule is Cc1n[nH]c(C)c1S(=O)(=O)N(CC(=O)NC1CCC(C)CC1)c1ccc2c(c1)OCO2. The second kappa shape index (κ2) is 8.41. The van der Waals surface area contributed by atoms with Gasteiger partial charge in [0.15, 0.2) is 11.5 Å². The molecule has 1 aromatic carbocycles. The number of nitrogens with zero attached hydrogens (tertiary/aromatic N) is 2. The Hall–Kier alpha value is -2.75. The fourth-order valence-electron chi connectivity index (χ4n) is 4.19. The van der Waals surface area contributed by atoms with Gasteiger partial charge in [-0.1, -0.05) is 6.92 Å². The topological polar surface area (TPSA) is 114 Å². The number of fused-ring (bicyclic) bond motifs is 1. The molecule has 10 heteroatoms. The van der Waals surface area contributed by atoms with Crippen LogP contribution in [0.2, 0.25) is 0 Å². The number of hydrogen-bond donors (Lipinski definition) is 2. The molecule has 1 aromatic heterocycles. The van der Waals surface area contributed by atoms with E-state index in [0.29, 0.717) is 34.5 Å². The lowest BCUT2D eigenvalue weighted by Crippen LogP contribution is -2.45. The first-order chi connectivity index (χ1) is 14.8. The van der Waals surface area contributed by atoms with E-state index in [-0.39, 0.29) is 30.2 Å². The molecular formula is C21H28N4O5S. The summed E-state index contributed by atoms with van der Waals surface area (Å²) in [6, 6.07) is 4.92. The quantitative estimate of drug-likeness (QED) is 0.702. The highest BCUT2D eigenvalue weighted by Crippen LogP contribution is 2.37. The molecule has 0 bridgehead atoms. The maximum atomic E-state index is 13.6. The smallest absolute Gasteiger partial charge is 0.268 e. The summed E-state index contributed by atoms with van der Waals surface area (Å²) in [6.45, 7) is 5.22. The van der Waals surface area contributed by atoms with Gasteiger partial charge < -0.3 is 14.8 Å². The molecule has 2 aromatic rings. The second-order valence-corrected chi connectivity index (χ2v) is 10.1. The molecule has 1 saturated carbocycles. The lowest BCUT2D eigenvalue weighted by molar-refractivity contribution is -0.120. The van der Waals surface area contributed by atoms with Crippen LogP contribution < -0.4 is 19.1 Å². The Morgan fingerprint density at radius 2 is 1.90 bits per heavy atom. The lowest BCUT2D eigenvalue weighted by atomic mass is 9.87. The molecule has 31 heavy (non-hydrogen) atoms. The molecule has 168 valence electrons. The third-order valence-electron chi connectivity index (χ3n) is 5.92. The number of benzene rings is 1. The van der Waals surface area contributed by atoms with Crippen molar-refractivity contribution in [3.8, 4) is 11.5 Å². The fourth-order valence-corrected chi connectivity index (χ4v) is 5.94. The van der Waals surface area contributed by atoms with E-state index < -0.39 is 10.0 Å². The number of hydrogen-bond acceptors (Lipinski definition) is 6. The monoisotopic (exact) mass is 448 g/mol. The van der Waals surface area contributed by atoms with Crippen molar-refractivity contribution in [2.24, 2.45) is 5.92 Å². The predicted molar refractivity (Wildman–Crippen MR) is 115 cm³/mol. The Labute approximate surface area is 182 Å². The summed E-state index contributed by atoms with van der Waals surface area (Å²) in [5.74, 6) is 1.31. The van der Waals surface area contributed by atoms with Crippen LogP contribution in [0.15, 0.2) is 23.1 Å². The molecule has 2 heterocycles. The first-order valence-electron chi connectivity index (χ1n) is 10.5. The summed E-state index contributed by atoms with van der Waals surface area (Å²) in [4.78, 5) is 13.0. The summed E-state index contributed by atoms with van der Waals surface area (Å²) in [5.41, 5.74) is 1.10. The molecule has 1 aliphatic heterocycles. The highest BCUT2D eigenvalue weighted by molar-refractivity contribution is 7.93. The van der Waals surface area contributed by atoms with Crippen molar-refractivity contribution in [3.05, 3.63) is 29.6 Å². The van der Waals surface area contributed by atoms with E-state index in [2.05, 4.69) is 22.4 Å². The Morgan fingerprint density at radius 1 is 1.19 bits per heavy atom. The number of aryl methyl sites for hydroxylation is 2. The molecule has 0 radical (unpaired) electrons. The number of sulfonamides is 1. The van der Waals surface area contributed by atoms with Crippen LogP contribution >= 0.6 is 0 Å². The minimum atomic E-state index is -4.05. The predicted octanol–water partition coefficient (Wildman–Crippen LogP) is 2.65. The van der Waals surface area contributed by atoms with Crippen LogP contribution in [-0.4, -0.2) is 43.9 Å². The number of nitrogens with one attached hydrogen (secondary N) is 2. The molecule has 9 nitrogen and oxygen atoms in total. The van der Waals surface area contributed by atoms with E-state index in [1.807, 2.05) is 0 Å². The van der Waals surface area contributed by atoms with Gasteiger partial charge in [-0.3, -0.25) is 14.2 Å². The van der Waals surface area contributed by atoms with Crippen LogP contribution in [0.1, 0.15) is 44.0 Å². The second-order valence-electron chi connectivity index (χ2n) is 8.34. The van der Waals surface area contributed by atoms with Crippen molar-refractivity contribution < 1.29 is 22.7 Å². The van der Waals surface area contributed by atoms with Gasteiger partial charge in [0.25, 0.3) is 10.0 Å². The van der Waals surface area contributed by atoms with Crippen molar-refractivity contribution in [1.29, 1.82) is 0 Å². The Kier molecular flexibility index (Phi) is 5.83. The first-order valence-corrected chi connectivity index (χ1v) is 11.9. The number of carbonyl (C=O) groups is 1. The van der Waals surface area contributed by atoms with Crippen molar-refractivity contribution in [2.75, 3.05) is 17.6 Å². The highest BCUT2D eigenvalue weighted by atomic mass is 32.2. The number of aromatic nitrogens is 2. The molecule has 2 N–H and O–H groups in total. The molecular weight excluding hydrogens is 420 g/mol. The van der Waals surface area contributed by atoms with Gasteiger partial charge in [-0.2, -0.15) is 5.10 Å². The van der Waals surface area contributed by atoms with E-state index >= 15 is 0 Å². The van der Waals surface area contributed by atoms with Crippen LogP contribution in [0.3, 0.4) is 0 Å². The zero-order valence-corrected chi connectivity index (χ0v) is 18.8. The Bertz CT molecular complexity index is 1050. The number of rotatable bonds is 6. The van der Waals surface area contributed by atoms with Gasteiger partial charge in [-0.25, -0.2) is 8.42 Å². The molecule has 1 fully saturated rings. The number of anilines is 1. The zero-order chi connectivity index (χ0) is 22.2. The average molecular weight is 449 g/mol. The molecule has 0 spiro atoms. The van der Waals surface area contributed by atoms with Crippen LogP contribution in [0, 0.1) is 19.8 Å². The number of carbonyl (C=O) groups excluding carboxylic acids is 1. The van der Waals surface area contributed by atoms with Crippen LogP contribution in [0.4, 0.5) is 5.69 Å². The summed E-state index contributed by atoms with van der Waals surface area (Å²) in [7, 11) is -4.05. The minimum Gasteiger partial charge on any atom is -0.454 e. The summed E-state index contributed by atoms with van der Waals surface area (Å²) in [6.07, 6.45) is 3.93. The molecule has 2 aliphatic rings. The third-order valence-corrected chi connectivity index (χ3v) is 7.96. The van der Waals surface area contributed by atoms with Gasteiger partial charge in [-0.15, -0.1) is 0 Å². The summed E-state index contributed by atoms with van der Waals surface area (Å²) in [5, 5.41) is 9.75. The largest absolute Gasteiger partial charge is 0.454 e. The molecule has 1 amide bonds. The minimum absolute atomic E-state index is 0.0717. The van der Waals surface area contributed by atoms with Gasteiger partial charge in [-0.05, 0) is 57.6 Å². The number of aromatic amines is 1. The van der Waals surface area contributed by atoms with Gasteiger partial charge in [0, 0.05) is 12.1 Å². The van der Waals surface area contributed by atoms with E-state index in [0.717, 1.165) is 30.0 Å².